The summed E-state index contributed by atoms with van der Waals surface area (Å²) in [4.78, 5) is 17.7. The molecule has 0 saturated carbocycles. The van der Waals surface area contributed by atoms with Crippen LogP contribution in [0.4, 0.5) is 0 Å². The monoisotopic (exact) mass is 377 g/mol. The van der Waals surface area contributed by atoms with Crippen molar-refractivity contribution in [2.75, 3.05) is 0 Å². The lowest BCUT2D eigenvalue weighted by Crippen LogP contribution is -2.23. The summed E-state index contributed by atoms with van der Waals surface area (Å²) in [6.45, 7) is 2.01. The molecule has 0 unspecified atom stereocenters. The van der Waals surface area contributed by atoms with E-state index in [0.29, 0.717) is 15.6 Å². The van der Waals surface area contributed by atoms with E-state index in [1.54, 1.807) is 0 Å². The Hall–Kier alpha value is -2.62. The SMILES string of the molecule is Cc1ccc([C@H]2C(C#N)=C(N)S[C@@H]2C(=O)c2nc3ccccc3s2)cc1. The fourth-order valence-electron chi connectivity index (χ4n) is 3.12. The summed E-state index contributed by atoms with van der Waals surface area (Å²) in [6.07, 6.45) is 0. The average Bonchev–Trinajstić information content (AvgIpc) is 3.22. The largest absolute Gasteiger partial charge is 0.393 e. The highest BCUT2D eigenvalue weighted by Gasteiger charge is 2.41. The second-order valence-electron chi connectivity index (χ2n) is 6.17. The quantitative estimate of drug-likeness (QED) is 0.685. The summed E-state index contributed by atoms with van der Waals surface area (Å²) in [5, 5.41) is 10.0. The number of hydrogen-bond donors (Lipinski definition) is 1. The van der Waals surface area contributed by atoms with Gasteiger partial charge in [-0.25, -0.2) is 4.98 Å². The van der Waals surface area contributed by atoms with E-state index in [1.807, 2.05) is 55.5 Å². The number of rotatable bonds is 3. The fourth-order valence-corrected chi connectivity index (χ4v) is 5.36. The Morgan fingerprint density at radius 2 is 1.92 bits per heavy atom. The van der Waals surface area contributed by atoms with Crippen LogP contribution in [0.25, 0.3) is 10.2 Å². The third-order valence-corrected chi connectivity index (χ3v) is 6.72. The minimum Gasteiger partial charge on any atom is -0.393 e. The van der Waals surface area contributed by atoms with E-state index in [9.17, 15) is 10.1 Å². The molecular weight excluding hydrogens is 362 g/mol. The maximum atomic E-state index is 13.2. The van der Waals surface area contributed by atoms with Crippen LogP contribution in [0, 0.1) is 18.3 Å². The molecule has 1 aliphatic heterocycles. The number of fused-ring (bicyclic) bond motifs is 1. The number of para-hydroxylation sites is 1. The number of carbonyl (C=O) groups excluding carboxylic acids is 1. The molecule has 0 fully saturated rings. The van der Waals surface area contributed by atoms with Crippen LogP contribution in [0.5, 0.6) is 0 Å². The normalized spacial score (nSPS) is 19.7. The third-order valence-electron chi connectivity index (χ3n) is 4.45. The van der Waals surface area contributed by atoms with E-state index in [2.05, 4.69) is 11.1 Å². The number of allylic oxidation sites excluding steroid dienone is 1. The molecule has 3 aromatic rings. The van der Waals surface area contributed by atoms with Crippen molar-refractivity contribution in [3.8, 4) is 6.07 Å². The molecule has 26 heavy (non-hydrogen) atoms. The van der Waals surface area contributed by atoms with Gasteiger partial charge in [-0.1, -0.05) is 53.7 Å². The number of benzene rings is 2. The molecule has 0 saturated heterocycles. The maximum absolute atomic E-state index is 13.2. The number of nitriles is 1. The van der Waals surface area contributed by atoms with E-state index in [4.69, 9.17) is 5.73 Å². The van der Waals surface area contributed by atoms with Gasteiger partial charge in [0.1, 0.15) is 0 Å². The Morgan fingerprint density at radius 3 is 2.62 bits per heavy atom. The average molecular weight is 377 g/mol. The zero-order valence-electron chi connectivity index (χ0n) is 14.0. The summed E-state index contributed by atoms with van der Waals surface area (Å²) in [6, 6.07) is 17.8. The highest BCUT2D eigenvalue weighted by atomic mass is 32.2. The molecule has 4 nitrogen and oxygen atoms in total. The standard InChI is InChI=1S/C20H15N3OS2/c1-11-6-8-12(9-7-11)16-13(10-21)19(22)26-18(16)17(24)20-23-14-4-2-3-5-15(14)25-20/h2-9,16,18H,22H2,1H3/t16-,18-/m0/s1. The second-order valence-corrected chi connectivity index (χ2v) is 8.38. The van der Waals surface area contributed by atoms with E-state index in [0.717, 1.165) is 21.3 Å². The number of nitrogens with zero attached hydrogens (tertiary/aromatic N) is 2. The van der Waals surface area contributed by atoms with E-state index >= 15 is 0 Å². The van der Waals surface area contributed by atoms with Gasteiger partial charge in [0.05, 0.1) is 32.1 Å². The van der Waals surface area contributed by atoms with Crippen molar-refractivity contribution in [2.45, 2.75) is 18.1 Å². The van der Waals surface area contributed by atoms with Crippen LogP contribution in [-0.4, -0.2) is 16.0 Å². The number of thioether (sulfide) groups is 1. The van der Waals surface area contributed by atoms with Crippen molar-refractivity contribution in [2.24, 2.45) is 5.73 Å². The number of hydrogen-bond acceptors (Lipinski definition) is 6. The van der Waals surface area contributed by atoms with Gasteiger partial charge >= 0.3 is 0 Å². The van der Waals surface area contributed by atoms with Crippen molar-refractivity contribution in [1.29, 1.82) is 5.26 Å². The minimum absolute atomic E-state index is 0.0741. The van der Waals surface area contributed by atoms with E-state index in [1.165, 1.54) is 23.1 Å². The Labute approximate surface area is 159 Å². The van der Waals surface area contributed by atoms with Gasteiger partial charge in [0.25, 0.3) is 0 Å². The molecule has 0 bridgehead atoms. The Bertz CT molecular complexity index is 1040. The van der Waals surface area contributed by atoms with Gasteiger partial charge in [-0.15, -0.1) is 11.3 Å². The molecule has 128 valence electrons. The number of Topliss-reactive ketones (excluding diaryl/α,β-unsaturated/α-hetero) is 1. The van der Waals surface area contributed by atoms with Gasteiger partial charge in [0.2, 0.25) is 5.78 Å². The van der Waals surface area contributed by atoms with Crippen molar-refractivity contribution in [3.05, 3.63) is 75.3 Å². The second kappa shape index (κ2) is 6.60. The molecule has 0 radical (unpaired) electrons. The minimum atomic E-state index is -0.465. The molecule has 2 heterocycles. The number of aromatic nitrogens is 1. The van der Waals surface area contributed by atoms with E-state index < -0.39 is 5.25 Å². The molecule has 0 amide bonds. The first-order chi connectivity index (χ1) is 12.6. The van der Waals surface area contributed by atoms with Gasteiger partial charge in [-0.05, 0) is 24.6 Å². The predicted molar refractivity (Wildman–Crippen MR) is 106 cm³/mol. The van der Waals surface area contributed by atoms with Crippen molar-refractivity contribution >= 4 is 39.1 Å². The highest BCUT2D eigenvalue weighted by Crippen LogP contribution is 2.47. The van der Waals surface area contributed by atoms with Gasteiger partial charge < -0.3 is 5.73 Å². The molecule has 2 aromatic carbocycles. The van der Waals surface area contributed by atoms with Crippen LogP contribution in [0.2, 0.25) is 0 Å². The molecule has 1 aromatic heterocycles. The zero-order chi connectivity index (χ0) is 18.3. The fraction of sp³-hybridized carbons (Fsp3) is 0.150. The predicted octanol–water partition coefficient (Wildman–Crippen LogP) is 4.38. The summed E-state index contributed by atoms with van der Waals surface area (Å²) in [5.74, 6) is -0.417. The summed E-state index contributed by atoms with van der Waals surface area (Å²) < 4.78 is 0.979. The van der Waals surface area contributed by atoms with Crippen molar-refractivity contribution < 1.29 is 4.79 Å². The lowest BCUT2D eigenvalue weighted by Gasteiger charge is -2.18. The lowest BCUT2D eigenvalue weighted by molar-refractivity contribution is 0.0985. The van der Waals surface area contributed by atoms with Crippen molar-refractivity contribution in [1.82, 2.24) is 4.98 Å². The first-order valence-corrected chi connectivity index (χ1v) is 9.81. The van der Waals surface area contributed by atoms with Crippen LogP contribution < -0.4 is 5.73 Å². The van der Waals surface area contributed by atoms with Gasteiger partial charge in [0.15, 0.2) is 5.01 Å². The van der Waals surface area contributed by atoms with Crippen LogP contribution >= 0.6 is 23.1 Å². The van der Waals surface area contributed by atoms with Gasteiger partial charge in [-0.2, -0.15) is 5.26 Å². The number of carbonyl (C=O) groups is 1. The molecule has 0 aliphatic carbocycles. The first kappa shape index (κ1) is 16.8. The summed E-state index contributed by atoms with van der Waals surface area (Å²) >= 11 is 2.66. The zero-order valence-corrected chi connectivity index (χ0v) is 15.6. The number of nitrogens with two attached hydrogens (primary N) is 1. The van der Waals surface area contributed by atoms with Crippen LogP contribution in [0.15, 0.2) is 59.1 Å². The van der Waals surface area contributed by atoms with Crippen LogP contribution in [0.1, 0.15) is 26.8 Å². The smallest absolute Gasteiger partial charge is 0.205 e. The molecule has 2 N–H and O–H groups in total. The van der Waals surface area contributed by atoms with Crippen LogP contribution in [-0.2, 0) is 0 Å². The number of ketones is 1. The Kier molecular flexibility index (Phi) is 4.27. The first-order valence-electron chi connectivity index (χ1n) is 8.11. The topological polar surface area (TPSA) is 79.8 Å². The molecule has 1 aliphatic rings. The van der Waals surface area contributed by atoms with Crippen molar-refractivity contribution in [3.63, 3.8) is 0 Å². The molecule has 0 spiro atoms. The number of thiazole rings is 1. The maximum Gasteiger partial charge on any atom is 0.205 e. The van der Waals surface area contributed by atoms with E-state index in [-0.39, 0.29) is 11.7 Å². The highest BCUT2D eigenvalue weighted by molar-refractivity contribution is 8.04. The molecule has 4 rings (SSSR count). The van der Waals surface area contributed by atoms with Gasteiger partial charge in [-0.3, -0.25) is 4.79 Å². The Morgan fingerprint density at radius 1 is 1.19 bits per heavy atom. The van der Waals surface area contributed by atoms with Crippen LogP contribution in [0.3, 0.4) is 0 Å². The summed E-state index contributed by atoms with van der Waals surface area (Å²) in [5.41, 5.74) is 9.43. The summed E-state index contributed by atoms with van der Waals surface area (Å²) in [7, 11) is 0. The number of aryl methyl sites for hydroxylation is 1. The molecule has 2 atom stereocenters. The molecule has 6 heteroatoms. The Balaban J connectivity index is 1.75. The molecular formula is C20H15N3OS2. The third kappa shape index (κ3) is 2.79. The lowest BCUT2D eigenvalue weighted by atomic mass is 9.87. The van der Waals surface area contributed by atoms with Gasteiger partial charge in [0, 0.05) is 5.92 Å².